The van der Waals surface area contributed by atoms with Crippen molar-refractivity contribution in [1.29, 1.82) is 0 Å². The first-order valence-corrected chi connectivity index (χ1v) is 8.48. The van der Waals surface area contributed by atoms with Gasteiger partial charge in [-0.25, -0.2) is 4.79 Å². The number of hydrogen-bond donors (Lipinski definition) is 3. The number of benzene rings is 1. The second kappa shape index (κ2) is 5.81. The van der Waals surface area contributed by atoms with Crippen LogP contribution in [0.25, 0.3) is 5.70 Å². The third kappa shape index (κ3) is 2.31. The van der Waals surface area contributed by atoms with E-state index in [1.54, 1.807) is 12.3 Å². The van der Waals surface area contributed by atoms with Crippen molar-refractivity contribution in [3.05, 3.63) is 74.6 Å². The predicted octanol–water partition coefficient (Wildman–Crippen LogP) is 4.18. The summed E-state index contributed by atoms with van der Waals surface area (Å²) in [6.07, 6.45) is 1.64. The Morgan fingerprint density at radius 3 is 2.75 bits per heavy atom. The lowest BCUT2D eigenvalue weighted by Crippen LogP contribution is -2.22. The molecule has 0 saturated carbocycles. The molecule has 5 nitrogen and oxygen atoms in total. The van der Waals surface area contributed by atoms with Crippen LogP contribution < -0.4 is 5.32 Å². The van der Waals surface area contributed by atoms with Gasteiger partial charge in [0.1, 0.15) is 5.82 Å². The summed E-state index contributed by atoms with van der Waals surface area (Å²) in [7, 11) is 0. The molecule has 1 unspecified atom stereocenters. The van der Waals surface area contributed by atoms with Gasteiger partial charge in [0.05, 0.1) is 22.3 Å². The van der Waals surface area contributed by atoms with Crippen LogP contribution in [-0.2, 0) is 4.79 Å². The molecule has 1 aliphatic rings. The number of carbonyl (C=O) groups is 1. The van der Waals surface area contributed by atoms with E-state index < -0.39 is 11.9 Å². The summed E-state index contributed by atoms with van der Waals surface area (Å²) >= 11 is 7.85. The fourth-order valence-corrected chi connectivity index (χ4v) is 3.97. The van der Waals surface area contributed by atoms with Gasteiger partial charge in [-0.2, -0.15) is 5.10 Å². The standard InChI is InChI=1S/C17H12ClN3O2S/c18-11-5-2-1-4-9(11)13-10-8-19-21-16(10)20-15(14(13)17(22)23)12-6-3-7-24-12/h1-8,13H,(H,22,23)(H2,19,20,21). The van der Waals surface area contributed by atoms with Crippen molar-refractivity contribution in [1.82, 2.24) is 10.2 Å². The highest BCUT2D eigenvalue weighted by Crippen LogP contribution is 2.45. The lowest BCUT2D eigenvalue weighted by molar-refractivity contribution is -0.132. The molecule has 7 heteroatoms. The minimum absolute atomic E-state index is 0.263. The largest absolute Gasteiger partial charge is 0.478 e. The van der Waals surface area contributed by atoms with E-state index in [1.807, 2.05) is 35.7 Å². The van der Waals surface area contributed by atoms with Gasteiger partial charge in [0.25, 0.3) is 0 Å². The molecule has 0 amide bonds. The van der Waals surface area contributed by atoms with Gasteiger partial charge in [0.15, 0.2) is 0 Å². The highest BCUT2D eigenvalue weighted by molar-refractivity contribution is 7.11. The predicted molar refractivity (Wildman–Crippen MR) is 94.4 cm³/mol. The number of nitrogens with zero attached hydrogens (tertiary/aromatic N) is 1. The topological polar surface area (TPSA) is 78.0 Å². The SMILES string of the molecule is O=C(O)C1=C(c2cccs2)Nc2[nH]ncc2C1c1ccccc1Cl. The van der Waals surface area contributed by atoms with Crippen molar-refractivity contribution < 1.29 is 9.90 Å². The number of aromatic amines is 1. The van der Waals surface area contributed by atoms with Gasteiger partial charge in [0, 0.05) is 16.5 Å². The minimum atomic E-state index is -0.984. The Bertz CT molecular complexity index is 946. The number of aromatic nitrogens is 2. The molecule has 2 aromatic heterocycles. The van der Waals surface area contributed by atoms with Crippen LogP contribution in [0.15, 0.2) is 53.5 Å². The Morgan fingerprint density at radius 1 is 1.21 bits per heavy atom. The average molecular weight is 358 g/mol. The first-order chi connectivity index (χ1) is 11.7. The van der Waals surface area contributed by atoms with Crippen molar-refractivity contribution in [3.63, 3.8) is 0 Å². The maximum Gasteiger partial charge on any atom is 0.334 e. The van der Waals surface area contributed by atoms with E-state index in [4.69, 9.17) is 11.6 Å². The van der Waals surface area contributed by atoms with E-state index >= 15 is 0 Å². The zero-order chi connectivity index (χ0) is 16.7. The summed E-state index contributed by atoms with van der Waals surface area (Å²) in [6.45, 7) is 0. The van der Waals surface area contributed by atoms with Gasteiger partial charge in [-0.15, -0.1) is 11.3 Å². The van der Waals surface area contributed by atoms with E-state index in [-0.39, 0.29) is 5.57 Å². The van der Waals surface area contributed by atoms with E-state index in [2.05, 4.69) is 15.5 Å². The quantitative estimate of drug-likeness (QED) is 0.657. The number of halogens is 1. The number of nitrogens with one attached hydrogen (secondary N) is 2. The molecule has 0 saturated heterocycles. The molecule has 120 valence electrons. The molecule has 0 bridgehead atoms. The van der Waals surface area contributed by atoms with Crippen LogP contribution in [0.2, 0.25) is 5.02 Å². The molecular weight excluding hydrogens is 346 g/mol. The highest BCUT2D eigenvalue weighted by Gasteiger charge is 2.36. The van der Waals surface area contributed by atoms with Crippen LogP contribution in [0.3, 0.4) is 0 Å². The fraction of sp³-hybridized carbons (Fsp3) is 0.0588. The molecule has 4 rings (SSSR count). The van der Waals surface area contributed by atoms with Gasteiger partial charge in [0.2, 0.25) is 0 Å². The van der Waals surface area contributed by atoms with Gasteiger partial charge in [-0.05, 0) is 23.1 Å². The van der Waals surface area contributed by atoms with E-state index in [9.17, 15) is 9.90 Å². The number of carboxylic acid groups (broad SMARTS) is 1. The molecule has 1 aliphatic heterocycles. The average Bonchev–Trinajstić information content (AvgIpc) is 3.25. The molecule has 0 radical (unpaired) electrons. The minimum Gasteiger partial charge on any atom is -0.478 e. The maximum atomic E-state index is 12.1. The number of anilines is 1. The lowest BCUT2D eigenvalue weighted by Gasteiger charge is -2.27. The monoisotopic (exact) mass is 357 g/mol. The summed E-state index contributed by atoms with van der Waals surface area (Å²) in [4.78, 5) is 13.0. The first-order valence-electron chi connectivity index (χ1n) is 7.23. The molecule has 0 fully saturated rings. The molecular formula is C17H12ClN3O2S. The van der Waals surface area contributed by atoms with Crippen molar-refractivity contribution in [3.8, 4) is 0 Å². The van der Waals surface area contributed by atoms with Crippen LogP contribution in [0.5, 0.6) is 0 Å². The molecule has 0 aliphatic carbocycles. The third-order valence-electron chi connectivity index (χ3n) is 4.00. The van der Waals surface area contributed by atoms with Crippen LogP contribution in [0.4, 0.5) is 5.82 Å². The zero-order valence-electron chi connectivity index (χ0n) is 12.3. The molecule has 3 N–H and O–H groups in total. The van der Waals surface area contributed by atoms with Gasteiger partial charge < -0.3 is 10.4 Å². The van der Waals surface area contributed by atoms with E-state index in [0.29, 0.717) is 16.5 Å². The number of rotatable bonds is 3. The van der Waals surface area contributed by atoms with Crippen molar-refractivity contribution in [2.75, 3.05) is 5.32 Å². The molecule has 0 spiro atoms. The fourth-order valence-electron chi connectivity index (χ4n) is 2.98. The Balaban J connectivity index is 2.01. The van der Waals surface area contributed by atoms with Crippen LogP contribution in [0.1, 0.15) is 21.9 Å². The third-order valence-corrected chi connectivity index (χ3v) is 5.23. The van der Waals surface area contributed by atoms with Gasteiger partial charge in [-0.1, -0.05) is 35.9 Å². The summed E-state index contributed by atoms with van der Waals surface area (Å²) < 4.78 is 0. The molecule has 3 aromatic rings. The highest BCUT2D eigenvalue weighted by atomic mass is 35.5. The second-order valence-electron chi connectivity index (χ2n) is 5.35. The Morgan fingerprint density at radius 2 is 2.04 bits per heavy atom. The number of hydrogen-bond acceptors (Lipinski definition) is 4. The van der Waals surface area contributed by atoms with Crippen LogP contribution in [0, 0.1) is 0 Å². The van der Waals surface area contributed by atoms with E-state index in [0.717, 1.165) is 16.0 Å². The Labute approximate surface area is 146 Å². The number of carboxylic acids is 1. The normalized spacial score (nSPS) is 16.6. The summed E-state index contributed by atoms with van der Waals surface area (Å²) in [5.74, 6) is -0.792. The summed E-state index contributed by atoms with van der Waals surface area (Å²) in [6, 6.07) is 11.1. The van der Waals surface area contributed by atoms with Crippen molar-refractivity contribution in [2.45, 2.75) is 5.92 Å². The zero-order valence-corrected chi connectivity index (χ0v) is 13.9. The number of thiophene rings is 1. The lowest BCUT2D eigenvalue weighted by atomic mass is 9.82. The number of H-pyrrole nitrogens is 1. The summed E-state index contributed by atoms with van der Waals surface area (Å²) in [5.41, 5.74) is 2.34. The van der Waals surface area contributed by atoms with Crippen molar-refractivity contribution in [2.24, 2.45) is 0 Å². The van der Waals surface area contributed by atoms with Crippen molar-refractivity contribution >= 4 is 40.4 Å². The second-order valence-corrected chi connectivity index (χ2v) is 6.71. The molecule has 1 atom stereocenters. The van der Waals surface area contributed by atoms with E-state index in [1.165, 1.54) is 11.3 Å². The number of fused-ring (bicyclic) bond motifs is 1. The Kier molecular flexibility index (Phi) is 3.63. The van der Waals surface area contributed by atoms with Crippen LogP contribution in [-0.4, -0.2) is 21.3 Å². The smallest absolute Gasteiger partial charge is 0.334 e. The maximum absolute atomic E-state index is 12.1. The first kappa shape index (κ1) is 15.0. The summed E-state index contributed by atoms with van der Waals surface area (Å²) in [5, 5.41) is 22.5. The molecule has 24 heavy (non-hydrogen) atoms. The van der Waals surface area contributed by atoms with Gasteiger partial charge >= 0.3 is 5.97 Å². The number of aliphatic carboxylic acids is 1. The Hall–Kier alpha value is -2.57. The van der Waals surface area contributed by atoms with Gasteiger partial charge in [-0.3, -0.25) is 5.10 Å². The van der Waals surface area contributed by atoms with Crippen LogP contribution >= 0.6 is 22.9 Å². The molecule has 3 heterocycles. The molecule has 1 aromatic carbocycles.